The first-order valence-corrected chi connectivity index (χ1v) is 11.2. The van der Waals surface area contributed by atoms with Gasteiger partial charge in [-0.3, -0.25) is 4.98 Å². The van der Waals surface area contributed by atoms with Gasteiger partial charge in [0.05, 0.1) is 6.10 Å². The fourth-order valence-electron chi connectivity index (χ4n) is 4.04. The maximum atomic E-state index is 11.9. The van der Waals surface area contributed by atoms with E-state index in [-0.39, 0.29) is 11.7 Å². The summed E-state index contributed by atoms with van der Waals surface area (Å²) >= 11 is 6.01. The Balaban J connectivity index is 1.47. The number of benzene rings is 2. The lowest BCUT2D eigenvalue weighted by Gasteiger charge is -2.18. The van der Waals surface area contributed by atoms with E-state index in [4.69, 9.17) is 11.6 Å². The third-order valence-corrected chi connectivity index (χ3v) is 5.92. The minimum Gasteiger partial charge on any atom is -0.477 e. The zero-order valence-electron chi connectivity index (χ0n) is 18.3. The SMILES string of the molecule is CC(Cc1ccc2c(c1)cc(C(=O)O)n2Cc1cccnc1)NCC(O)c1cccc(Cl)c1. The van der Waals surface area contributed by atoms with Crippen molar-refractivity contribution in [1.82, 2.24) is 14.9 Å². The van der Waals surface area contributed by atoms with Gasteiger partial charge in [-0.05, 0) is 66.4 Å². The van der Waals surface area contributed by atoms with Crippen LogP contribution < -0.4 is 5.32 Å². The number of carbonyl (C=O) groups is 1. The molecule has 0 spiro atoms. The number of hydrogen-bond donors (Lipinski definition) is 3. The van der Waals surface area contributed by atoms with E-state index in [9.17, 15) is 15.0 Å². The van der Waals surface area contributed by atoms with Crippen LogP contribution in [0.2, 0.25) is 5.02 Å². The Bertz CT molecular complexity index is 1260. The van der Waals surface area contributed by atoms with Crippen molar-refractivity contribution >= 4 is 28.5 Å². The number of rotatable bonds is 9. The molecule has 170 valence electrons. The van der Waals surface area contributed by atoms with Crippen molar-refractivity contribution < 1.29 is 15.0 Å². The fraction of sp³-hybridized carbons (Fsp3) is 0.231. The number of aliphatic hydroxyl groups is 1. The molecular formula is C26H26ClN3O3. The second-order valence-electron chi connectivity index (χ2n) is 8.26. The van der Waals surface area contributed by atoms with Gasteiger partial charge < -0.3 is 20.1 Å². The van der Waals surface area contributed by atoms with Crippen molar-refractivity contribution in [2.75, 3.05) is 6.54 Å². The van der Waals surface area contributed by atoms with Crippen molar-refractivity contribution in [2.45, 2.75) is 32.0 Å². The Morgan fingerprint density at radius 1 is 1.12 bits per heavy atom. The van der Waals surface area contributed by atoms with Gasteiger partial charge in [-0.15, -0.1) is 0 Å². The van der Waals surface area contributed by atoms with E-state index in [0.717, 1.165) is 34.0 Å². The summed E-state index contributed by atoms with van der Waals surface area (Å²) in [4.78, 5) is 16.0. The highest BCUT2D eigenvalue weighted by Gasteiger charge is 2.16. The maximum absolute atomic E-state index is 11.9. The highest BCUT2D eigenvalue weighted by Crippen LogP contribution is 2.24. The molecule has 0 radical (unpaired) electrons. The van der Waals surface area contributed by atoms with Gasteiger partial charge in [0.1, 0.15) is 5.69 Å². The van der Waals surface area contributed by atoms with Crippen LogP contribution >= 0.6 is 11.6 Å². The van der Waals surface area contributed by atoms with E-state index in [2.05, 4.69) is 17.2 Å². The number of hydrogen-bond acceptors (Lipinski definition) is 4. The molecule has 2 atom stereocenters. The van der Waals surface area contributed by atoms with Crippen LogP contribution in [0.3, 0.4) is 0 Å². The average molecular weight is 464 g/mol. The Morgan fingerprint density at radius 3 is 2.70 bits per heavy atom. The summed E-state index contributed by atoms with van der Waals surface area (Å²) < 4.78 is 1.81. The number of nitrogens with zero attached hydrogens (tertiary/aromatic N) is 2. The summed E-state index contributed by atoms with van der Waals surface area (Å²) in [5.74, 6) is -0.957. The van der Waals surface area contributed by atoms with Crippen molar-refractivity contribution in [1.29, 1.82) is 0 Å². The molecule has 4 aromatic rings. The molecule has 7 heteroatoms. The third kappa shape index (κ3) is 5.60. The number of aromatic nitrogens is 2. The number of aromatic carboxylic acids is 1. The number of carboxylic acid groups (broad SMARTS) is 1. The molecule has 0 aliphatic rings. The summed E-state index contributed by atoms with van der Waals surface area (Å²) in [5, 5.41) is 25.0. The van der Waals surface area contributed by atoms with Crippen LogP contribution in [0.1, 0.15) is 40.2 Å². The van der Waals surface area contributed by atoms with Gasteiger partial charge in [-0.2, -0.15) is 0 Å². The first-order chi connectivity index (χ1) is 15.9. The molecule has 0 aliphatic carbocycles. The number of aliphatic hydroxyl groups excluding tert-OH is 1. The van der Waals surface area contributed by atoms with E-state index in [1.165, 1.54) is 0 Å². The van der Waals surface area contributed by atoms with Gasteiger partial charge in [0, 0.05) is 47.5 Å². The molecule has 3 N–H and O–H groups in total. The molecule has 2 aromatic carbocycles. The van der Waals surface area contributed by atoms with Crippen LogP contribution in [0.4, 0.5) is 0 Å². The number of fused-ring (bicyclic) bond motifs is 1. The lowest BCUT2D eigenvalue weighted by Crippen LogP contribution is -2.32. The summed E-state index contributed by atoms with van der Waals surface area (Å²) in [6, 6.07) is 18.9. The van der Waals surface area contributed by atoms with E-state index in [0.29, 0.717) is 18.1 Å². The Morgan fingerprint density at radius 2 is 1.97 bits per heavy atom. The number of nitrogens with one attached hydrogen (secondary N) is 1. The Hall–Kier alpha value is -3.19. The van der Waals surface area contributed by atoms with Gasteiger partial charge in [0.25, 0.3) is 0 Å². The normalized spacial score (nSPS) is 13.2. The summed E-state index contributed by atoms with van der Waals surface area (Å²) in [6.45, 7) is 2.91. The quantitative estimate of drug-likeness (QED) is 0.335. The molecule has 0 amide bonds. The average Bonchev–Trinajstić information content (AvgIpc) is 3.16. The van der Waals surface area contributed by atoms with E-state index in [1.807, 2.05) is 47.0 Å². The lowest BCUT2D eigenvalue weighted by molar-refractivity contribution is 0.0686. The Kier molecular flexibility index (Phi) is 7.08. The summed E-state index contributed by atoms with van der Waals surface area (Å²) in [5.41, 5.74) is 3.94. The third-order valence-electron chi connectivity index (χ3n) is 5.68. The van der Waals surface area contributed by atoms with Crippen molar-refractivity contribution in [3.63, 3.8) is 0 Å². The Labute approximate surface area is 197 Å². The van der Waals surface area contributed by atoms with Crippen LogP contribution in [0.25, 0.3) is 10.9 Å². The monoisotopic (exact) mass is 463 g/mol. The van der Waals surface area contributed by atoms with E-state index < -0.39 is 12.1 Å². The van der Waals surface area contributed by atoms with E-state index in [1.54, 1.807) is 30.6 Å². The lowest BCUT2D eigenvalue weighted by atomic mass is 10.0. The standard InChI is InChI=1S/C26H26ClN3O3/c1-17(29-15-25(31)20-5-2-6-22(27)12-20)10-18-7-8-23-21(11-18)13-24(26(32)33)30(23)16-19-4-3-9-28-14-19/h2-9,11-14,17,25,29,31H,10,15-16H2,1H3,(H,32,33). The molecule has 0 saturated heterocycles. The molecule has 4 rings (SSSR count). The van der Waals surface area contributed by atoms with Crippen LogP contribution in [-0.4, -0.2) is 38.3 Å². The predicted molar refractivity (Wildman–Crippen MR) is 130 cm³/mol. The van der Waals surface area contributed by atoms with Gasteiger partial charge in [0.2, 0.25) is 0 Å². The van der Waals surface area contributed by atoms with Crippen LogP contribution in [0.15, 0.2) is 73.1 Å². The molecule has 2 unspecified atom stereocenters. The second-order valence-corrected chi connectivity index (χ2v) is 8.70. The molecule has 2 heterocycles. The molecule has 6 nitrogen and oxygen atoms in total. The van der Waals surface area contributed by atoms with Crippen LogP contribution in [0.5, 0.6) is 0 Å². The van der Waals surface area contributed by atoms with Crippen molar-refractivity contribution in [3.05, 3.63) is 100 Å². The summed E-state index contributed by atoms with van der Waals surface area (Å²) in [6.07, 6.45) is 3.55. The van der Waals surface area contributed by atoms with Crippen LogP contribution in [0, 0.1) is 0 Å². The second kappa shape index (κ2) is 10.2. The van der Waals surface area contributed by atoms with Gasteiger partial charge in [-0.1, -0.05) is 35.9 Å². The highest BCUT2D eigenvalue weighted by atomic mass is 35.5. The molecule has 0 aliphatic heterocycles. The smallest absolute Gasteiger partial charge is 0.352 e. The molecular weight excluding hydrogens is 438 g/mol. The highest BCUT2D eigenvalue weighted by molar-refractivity contribution is 6.30. The fourth-order valence-corrected chi connectivity index (χ4v) is 4.24. The minimum absolute atomic E-state index is 0.118. The predicted octanol–water partition coefficient (Wildman–Crippen LogP) is 4.69. The van der Waals surface area contributed by atoms with Gasteiger partial charge >= 0.3 is 5.97 Å². The number of pyridine rings is 1. The van der Waals surface area contributed by atoms with Crippen LogP contribution in [-0.2, 0) is 13.0 Å². The molecule has 0 bridgehead atoms. The van der Waals surface area contributed by atoms with Crippen molar-refractivity contribution in [3.8, 4) is 0 Å². The summed E-state index contributed by atoms with van der Waals surface area (Å²) in [7, 11) is 0. The first kappa shape index (κ1) is 23.0. The largest absolute Gasteiger partial charge is 0.477 e. The van der Waals surface area contributed by atoms with Crippen molar-refractivity contribution in [2.24, 2.45) is 0 Å². The first-order valence-electron chi connectivity index (χ1n) is 10.8. The topological polar surface area (TPSA) is 87.4 Å². The van der Waals surface area contributed by atoms with Gasteiger partial charge in [-0.25, -0.2) is 4.79 Å². The number of halogens is 1. The molecule has 0 saturated carbocycles. The molecule has 33 heavy (non-hydrogen) atoms. The molecule has 0 fully saturated rings. The maximum Gasteiger partial charge on any atom is 0.352 e. The number of carboxylic acids is 1. The van der Waals surface area contributed by atoms with E-state index >= 15 is 0 Å². The van der Waals surface area contributed by atoms with Gasteiger partial charge in [0.15, 0.2) is 0 Å². The zero-order valence-corrected chi connectivity index (χ0v) is 19.0. The zero-order chi connectivity index (χ0) is 23.4. The molecule has 2 aromatic heterocycles. The minimum atomic E-state index is -0.957.